The van der Waals surface area contributed by atoms with Gasteiger partial charge in [0.1, 0.15) is 5.75 Å². The molecule has 2 aromatic carbocycles. The number of hydrogen-bond acceptors (Lipinski definition) is 5. The second-order valence-corrected chi connectivity index (χ2v) is 8.91. The summed E-state index contributed by atoms with van der Waals surface area (Å²) < 4.78 is 5.61. The minimum atomic E-state index is -0.863. The molecule has 0 heterocycles. The smallest absolute Gasteiger partial charge is 0.303 e. The molecule has 4 rings (SSSR count). The highest BCUT2D eigenvalue weighted by Gasteiger charge is 2.61. The van der Waals surface area contributed by atoms with E-state index in [1.54, 1.807) is 25.2 Å². The second kappa shape index (κ2) is 9.56. The maximum atomic E-state index is 13.2. The fourth-order valence-corrected chi connectivity index (χ4v) is 4.89. The Kier molecular flexibility index (Phi) is 6.55. The molecule has 3 N–H and O–H groups in total. The van der Waals surface area contributed by atoms with E-state index < -0.39 is 5.97 Å². The maximum Gasteiger partial charge on any atom is 0.303 e. The number of nitriles is 1. The van der Waals surface area contributed by atoms with E-state index in [-0.39, 0.29) is 36.2 Å². The number of benzene rings is 2. The lowest BCUT2D eigenvalue weighted by Crippen LogP contribution is -2.25. The third-order valence-corrected chi connectivity index (χ3v) is 6.83. The Morgan fingerprint density at radius 3 is 2.79 bits per heavy atom. The molecule has 0 aliphatic heterocycles. The Balaban J connectivity index is 1.48. The molecule has 0 unspecified atom stereocenters. The minimum Gasteiger partial charge on any atom is -0.484 e. The molecule has 2 aliphatic rings. The Morgan fingerprint density at radius 2 is 2.06 bits per heavy atom. The summed E-state index contributed by atoms with van der Waals surface area (Å²) in [5, 5.41) is 23.7. The van der Waals surface area contributed by atoms with Crippen LogP contribution in [-0.2, 0) is 32.6 Å². The second-order valence-electron chi connectivity index (χ2n) is 8.91. The zero-order valence-corrected chi connectivity index (χ0v) is 19.0. The van der Waals surface area contributed by atoms with Crippen LogP contribution in [0, 0.1) is 17.2 Å². The number of aliphatic carboxylic acids is 1. The van der Waals surface area contributed by atoms with Gasteiger partial charge >= 0.3 is 5.97 Å². The molecule has 1 fully saturated rings. The van der Waals surface area contributed by atoms with Crippen LogP contribution in [0.5, 0.6) is 5.75 Å². The van der Waals surface area contributed by atoms with E-state index in [2.05, 4.69) is 16.7 Å². The number of fused-ring (bicyclic) bond motifs is 2. The van der Waals surface area contributed by atoms with Crippen LogP contribution in [0.15, 0.2) is 36.4 Å². The van der Waals surface area contributed by atoms with E-state index in [0.717, 1.165) is 30.4 Å². The molecule has 34 heavy (non-hydrogen) atoms. The average molecular weight is 462 g/mol. The van der Waals surface area contributed by atoms with Gasteiger partial charge in [-0.05, 0) is 73.1 Å². The summed E-state index contributed by atoms with van der Waals surface area (Å²) in [6, 6.07) is 13.0. The number of nitrogens with zero attached hydrogens (tertiary/aromatic N) is 1. The fraction of sp³-hybridized carbons (Fsp3) is 0.385. The van der Waals surface area contributed by atoms with E-state index in [0.29, 0.717) is 29.8 Å². The molecule has 8 heteroatoms. The zero-order chi connectivity index (χ0) is 24.3. The molecule has 0 saturated heterocycles. The Labute approximate surface area is 197 Å². The maximum absolute atomic E-state index is 13.2. The third-order valence-electron chi connectivity index (χ3n) is 6.83. The van der Waals surface area contributed by atoms with Crippen molar-refractivity contribution in [2.45, 2.75) is 43.9 Å². The van der Waals surface area contributed by atoms with Crippen molar-refractivity contribution in [3.8, 4) is 11.8 Å². The number of carbonyl (C=O) groups is 3. The Bertz CT molecular complexity index is 1190. The highest BCUT2D eigenvalue weighted by molar-refractivity contribution is 5.97. The molecule has 1 spiro atoms. The Hall–Kier alpha value is -3.86. The first kappa shape index (κ1) is 23.3. The van der Waals surface area contributed by atoms with Crippen LogP contribution in [0.4, 0.5) is 5.69 Å². The number of hydrogen-bond donors (Lipinski definition) is 3. The summed E-state index contributed by atoms with van der Waals surface area (Å²) in [6.07, 6.45) is 3.49. The lowest BCUT2D eigenvalue weighted by Gasteiger charge is -2.15. The van der Waals surface area contributed by atoms with Gasteiger partial charge in [-0.1, -0.05) is 12.1 Å². The molecule has 8 nitrogen and oxygen atoms in total. The third kappa shape index (κ3) is 4.74. The number of carboxylic acids is 1. The van der Waals surface area contributed by atoms with Crippen molar-refractivity contribution in [1.29, 1.82) is 5.26 Å². The van der Waals surface area contributed by atoms with Crippen molar-refractivity contribution in [3.63, 3.8) is 0 Å². The molecule has 2 aromatic rings. The largest absolute Gasteiger partial charge is 0.484 e. The lowest BCUT2D eigenvalue weighted by molar-refractivity contribution is -0.137. The van der Waals surface area contributed by atoms with Crippen LogP contribution in [0.3, 0.4) is 0 Å². The van der Waals surface area contributed by atoms with Crippen LogP contribution in [-0.4, -0.2) is 36.5 Å². The van der Waals surface area contributed by atoms with Gasteiger partial charge in [-0.2, -0.15) is 5.26 Å². The van der Waals surface area contributed by atoms with Gasteiger partial charge in [-0.25, -0.2) is 0 Å². The van der Waals surface area contributed by atoms with E-state index in [4.69, 9.17) is 9.84 Å². The molecule has 0 aromatic heterocycles. The van der Waals surface area contributed by atoms with E-state index in [9.17, 15) is 19.6 Å². The zero-order valence-electron chi connectivity index (χ0n) is 19.0. The number of likely N-dealkylation sites (N-methyl/N-ethyl adjacent to an activating group) is 1. The molecule has 2 amide bonds. The molecule has 2 atom stereocenters. The lowest BCUT2D eigenvalue weighted by atomic mass is 9.94. The fourth-order valence-electron chi connectivity index (χ4n) is 4.89. The standard InChI is InChI=1S/C26H27N3O5/c1-28-23(30)15-34-19-8-7-17-9-10-26(20(17)12-19)13-21(26)25(33)29-22-11-16(14-27)5-6-18(22)3-2-4-24(31)32/h5-8,11-12,21H,2-4,9-10,13,15H2,1H3,(H,28,30)(H,29,33)(H,31,32)/t21-,26-/m0/s1. The summed E-state index contributed by atoms with van der Waals surface area (Å²) in [5.41, 5.74) is 3.89. The van der Waals surface area contributed by atoms with Crippen LogP contribution >= 0.6 is 0 Å². The van der Waals surface area contributed by atoms with Crippen molar-refractivity contribution in [1.82, 2.24) is 5.32 Å². The highest BCUT2D eigenvalue weighted by Crippen LogP contribution is 2.62. The average Bonchev–Trinajstić information content (AvgIpc) is 3.46. The number of rotatable bonds is 9. The number of aryl methyl sites for hydroxylation is 2. The van der Waals surface area contributed by atoms with Gasteiger partial charge in [-0.15, -0.1) is 0 Å². The topological polar surface area (TPSA) is 129 Å². The highest BCUT2D eigenvalue weighted by atomic mass is 16.5. The summed E-state index contributed by atoms with van der Waals surface area (Å²) >= 11 is 0. The number of ether oxygens (including phenoxy) is 1. The molecule has 176 valence electrons. The molecule has 0 bridgehead atoms. The van der Waals surface area contributed by atoms with Gasteiger partial charge in [0.05, 0.1) is 11.6 Å². The van der Waals surface area contributed by atoms with E-state index in [1.807, 2.05) is 18.2 Å². The SMILES string of the molecule is CNC(=O)COc1ccc2c(c1)[C@]1(CC2)C[C@H]1C(=O)Nc1cc(C#N)ccc1CCCC(=O)O. The predicted molar refractivity (Wildman–Crippen MR) is 124 cm³/mol. The van der Waals surface area contributed by atoms with E-state index >= 15 is 0 Å². The first-order valence-corrected chi connectivity index (χ1v) is 11.4. The number of carbonyl (C=O) groups excluding carboxylic acids is 2. The number of amides is 2. The van der Waals surface area contributed by atoms with Crippen LogP contribution in [0.25, 0.3) is 0 Å². The summed E-state index contributed by atoms with van der Waals surface area (Å²) in [6.45, 7) is -0.0634. The van der Waals surface area contributed by atoms with Crippen LogP contribution in [0.2, 0.25) is 0 Å². The van der Waals surface area contributed by atoms with Crippen molar-refractivity contribution < 1.29 is 24.2 Å². The number of carboxylic acid groups (broad SMARTS) is 1. The van der Waals surface area contributed by atoms with Crippen molar-refractivity contribution in [3.05, 3.63) is 58.7 Å². The summed E-state index contributed by atoms with van der Waals surface area (Å²) in [4.78, 5) is 35.6. The van der Waals surface area contributed by atoms with Crippen LogP contribution < -0.4 is 15.4 Å². The quantitative estimate of drug-likeness (QED) is 0.527. The monoisotopic (exact) mass is 461 g/mol. The minimum absolute atomic E-state index is 0.0419. The number of anilines is 1. The molecule has 0 radical (unpaired) electrons. The van der Waals surface area contributed by atoms with Crippen LogP contribution in [0.1, 0.15) is 47.9 Å². The molecule has 2 aliphatic carbocycles. The van der Waals surface area contributed by atoms with Crippen molar-refractivity contribution in [2.24, 2.45) is 5.92 Å². The first-order chi connectivity index (χ1) is 16.4. The number of nitrogens with one attached hydrogen (secondary N) is 2. The summed E-state index contributed by atoms with van der Waals surface area (Å²) in [5.74, 6) is -0.757. The molecular weight excluding hydrogens is 434 g/mol. The van der Waals surface area contributed by atoms with Crippen molar-refractivity contribution >= 4 is 23.5 Å². The van der Waals surface area contributed by atoms with Gasteiger partial charge < -0.3 is 20.5 Å². The van der Waals surface area contributed by atoms with Gasteiger partial charge in [-0.3, -0.25) is 14.4 Å². The first-order valence-electron chi connectivity index (χ1n) is 11.4. The van der Waals surface area contributed by atoms with Gasteiger partial charge in [0.15, 0.2) is 6.61 Å². The normalized spacial score (nSPS) is 19.7. The van der Waals surface area contributed by atoms with Gasteiger partial charge in [0, 0.05) is 30.5 Å². The van der Waals surface area contributed by atoms with Gasteiger partial charge in [0.25, 0.3) is 5.91 Å². The molecule has 1 saturated carbocycles. The molecular formula is C26H27N3O5. The summed E-state index contributed by atoms with van der Waals surface area (Å²) in [7, 11) is 1.56. The van der Waals surface area contributed by atoms with E-state index in [1.165, 1.54) is 5.56 Å². The Morgan fingerprint density at radius 1 is 1.24 bits per heavy atom. The predicted octanol–water partition coefficient (Wildman–Crippen LogP) is 2.93. The van der Waals surface area contributed by atoms with Crippen molar-refractivity contribution in [2.75, 3.05) is 19.0 Å². The van der Waals surface area contributed by atoms with Gasteiger partial charge in [0.2, 0.25) is 5.91 Å².